The molecule has 1 heterocycles. The highest BCUT2D eigenvalue weighted by atomic mass is 35.5. The van der Waals surface area contributed by atoms with Crippen molar-refractivity contribution < 1.29 is 18.6 Å². The number of hydrogen-bond donors (Lipinski definition) is 1. The molecule has 5 heteroatoms. The number of fused-ring (bicyclic) bond motifs is 1. The number of ether oxygens (including phenoxy) is 1. The van der Waals surface area contributed by atoms with Crippen molar-refractivity contribution in [3.05, 3.63) is 28.8 Å². The number of para-hydroxylation sites is 1. The summed E-state index contributed by atoms with van der Waals surface area (Å²) in [5.74, 6) is 0.179. The zero-order valence-corrected chi connectivity index (χ0v) is 9.18. The number of hydrogen-bond acceptors (Lipinski definition) is 2. The first-order chi connectivity index (χ1) is 7.62. The Morgan fingerprint density at radius 1 is 1.44 bits per heavy atom. The Morgan fingerprint density at radius 3 is 2.75 bits per heavy atom. The van der Waals surface area contributed by atoms with E-state index in [0.29, 0.717) is 5.56 Å². The van der Waals surface area contributed by atoms with E-state index in [-0.39, 0.29) is 17.2 Å². The lowest BCUT2D eigenvalue weighted by Gasteiger charge is -2.37. The third-order valence-corrected chi connectivity index (χ3v) is 3.03. The van der Waals surface area contributed by atoms with Gasteiger partial charge in [0.15, 0.2) is 5.60 Å². The molecule has 1 aromatic rings. The molecular formula is C11H11ClF2O2. The summed E-state index contributed by atoms with van der Waals surface area (Å²) in [5, 5.41) is 10.1. The molecular weight excluding hydrogens is 238 g/mol. The van der Waals surface area contributed by atoms with Gasteiger partial charge < -0.3 is 9.84 Å². The number of aliphatic hydroxyl groups is 1. The van der Waals surface area contributed by atoms with Crippen LogP contribution >= 0.6 is 11.6 Å². The van der Waals surface area contributed by atoms with Crippen molar-refractivity contribution in [1.82, 2.24) is 0 Å². The quantitative estimate of drug-likeness (QED) is 0.872. The lowest BCUT2D eigenvalue weighted by molar-refractivity contribution is -0.0442. The smallest absolute Gasteiger partial charge is 0.168 e. The molecule has 1 aliphatic heterocycles. The van der Waals surface area contributed by atoms with Crippen molar-refractivity contribution in [1.29, 1.82) is 0 Å². The molecule has 0 saturated carbocycles. The first-order valence-corrected chi connectivity index (χ1v) is 5.27. The highest BCUT2D eigenvalue weighted by Gasteiger charge is 2.41. The minimum Gasteiger partial charge on any atom is -0.480 e. The fourth-order valence-corrected chi connectivity index (χ4v) is 2.04. The van der Waals surface area contributed by atoms with Gasteiger partial charge in [0.2, 0.25) is 0 Å². The lowest BCUT2D eigenvalue weighted by atomic mass is 9.90. The Kier molecular flexibility index (Phi) is 3.04. The third-order valence-electron chi connectivity index (χ3n) is 2.73. The van der Waals surface area contributed by atoms with E-state index >= 15 is 0 Å². The fraction of sp³-hybridized carbons (Fsp3) is 0.455. The molecule has 1 unspecified atom stereocenters. The molecule has 0 fully saturated rings. The second-order valence-corrected chi connectivity index (χ2v) is 4.34. The van der Waals surface area contributed by atoms with E-state index in [1.165, 1.54) is 0 Å². The molecule has 0 aliphatic carbocycles. The van der Waals surface area contributed by atoms with E-state index in [0.717, 1.165) is 0 Å². The van der Waals surface area contributed by atoms with E-state index in [2.05, 4.69) is 0 Å². The Hall–Kier alpha value is -0.870. The third kappa shape index (κ3) is 1.76. The van der Waals surface area contributed by atoms with Crippen LogP contribution in [-0.2, 0) is 0 Å². The monoisotopic (exact) mass is 248 g/mol. The Labute approximate surface area is 96.8 Å². The van der Waals surface area contributed by atoms with E-state index < -0.39 is 25.1 Å². The van der Waals surface area contributed by atoms with Gasteiger partial charge in [-0.1, -0.05) is 23.7 Å². The summed E-state index contributed by atoms with van der Waals surface area (Å²) in [4.78, 5) is 0. The van der Waals surface area contributed by atoms with Gasteiger partial charge >= 0.3 is 0 Å². The predicted molar refractivity (Wildman–Crippen MR) is 56.3 cm³/mol. The molecule has 0 saturated heterocycles. The number of benzene rings is 1. The van der Waals surface area contributed by atoms with Crippen molar-refractivity contribution in [2.24, 2.45) is 0 Å². The maximum absolute atomic E-state index is 12.8. The van der Waals surface area contributed by atoms with Crippen LogP contribution in [0.2, 0.25) is 5.02 Å². The maximum atomic E-state index is 12.8. The standard InChI is InChI=1S/C11H11ClF2O2/c12-8-3-1-2-7-9(15)4-11(5-13,6-14)16-10(7)8/h1-3,9,15H,4-6H2. The SMILES string of the molecule is OC1CC(CF)(CF)Oc2c(Cl)cccc21. The average molecular weight is 249 g/mol. The zero-order valence-electron chi connectivity index (χ0n) is 8.42. The molecule has 88 valence electrons. The molecule has 2 nitrogen and oxygen atoms in total. The first-order valence-electron chi connectivity index (χ1n) is 4.89. The van der Waals surface area contributed by atoms with Crippen LogP contribution in [0.25, 0.3) is 0 Å². The van der Waals surface area contributed by atoms with Crippen molar-refractivity contribution >= 4 is 11.6 Å². The number of alkyl halides is 2. The van der Waals surface area contributed by atoms with E-state index in [9.17, 15) is 13.9 Å². The van der Waals surface area contributed by atoms with Crippen LogP contribution in [0.5, 0.6) is 5.75 Å². The van der Waals surface area contributed by atoms with Crippen molar-refractivity contribution in [2.75, 3.05) is 13.3 Å². The molecule has 1 aliphatic rings. The molecule has 0 amide bonds. The summed E-state index contributed by atoms with van der Waals surface area (Å²) >= 11 is 5.87. The van der Waals surface area contributed by atoms with Crippen molar-refractivity contribution in [3.8, 4) is 5.75 Å². The van der Waals surface area contributed by atoms with E-state index in [1.807, 2.05) is 0 Å². The second kappa shape index (κ2) is 4.18. The summed E-state index contributed by atoms with van der Waals surface area (Å²) in [7, 11) is 0. The fourth-order valence-electron chi connectivity index (χ4n) is 1.82. The highest BCUT2D eigenvalue weighted by molar-refractivity contribution is 6.32. The minimum absolute atomic E-state index is 0.104. The van der Waals surface area contributed by atoms with Crippen LogP contribution in [0, 0.1) is 0 Å². The van der Waals surface area contributed by atoms with Crippen LogP contribution < -0.4 is 4.74 Å². The Morgan fingerprint density at radius 2 is 2.12 bits per heavy atom. The summed E-state index contributed by atoms with van der Waals surface area (Å²) in [5.41, 5.74) is -1.12. The van der Waals surface area contributed by atoms with Gasteiger partial charge in [-0.05, 0) is 6.07 Å². The molecule has 0 spiro atoms. The molecule has 1 atom stereocenters. The summed E-state index contributed by atoms with van der Waals surface area (Å²) in [6.45, 7) is -1.99. The van der Waals surface area contributed by atoms with Crippen molar-refractivity contribution in [2.45, 2.75) is 18.1 Å². The normalized spacial score (nSPS) is 22.4. The lowest BCUT2D eigenvalue weighted by Crippen LogP contribution is -2.45. The van der Waals surface area contributed by atoms with Crippen LogP contribution in [0.15, 0.2) is 18.2 Å². The Balaban J connectivity index is 2.45. The highest BCUT2D eigenvalue weighted by Crippen LogP contribution is 2.43. The topological polar surface area (TPSA) is 29.5 Å². The van der Waals surface area contributed by atoms with Crippen LogP contribution in [0.3, 0.4) is 0 Å². The molecule has 0 bridgehead atoms. The van der Waals surface area contributed by atoms with Crippen LogP contribution in [0.1, 0.15) is 18.1 Å². The van der Waals surface area contributed by atoms with Gasteiger partial charge in [0.25, 0.3) is 0 Å². The molecule has 0 radical (unpaired) electrons. The largest absolute Gasteiger partial charge is 0.480 e. The predicted octanol–water partition coefficient (Wildman–Crippen LogP) is 2.83. The van der Waals surface area contributed by atoms with Gasteiger partial charge in [-0.15, -0.1) is 0 Å². The Bertz CT molecular complexity index is 394. The molecule has 1 N–H and O–H groups in total. The zero-order chi connectivity index (χ0) is 11.8. The first kappa shape index (κ1) is 11.6. The number of halogens is 3. The van der Waals surface area contributed by atoms with E-state index in [1.54, 1.807) is 18.2 Å². The summed E-state index contributed by atoms with van der Waals surface area (Å²) in [6, 6.07) is 4.84. The van der Waals surface area contributed by atoms with Gasteiger partial charge in [-0.3, -0.25) is 0 Å². The number of rotatable bonds is 2. The molecule has 0 aromatic heterocycles. The van der Waals surface area contributed by atoms with Crippen LogP contribution in [-0.4, -0.2) is 24.1 Å². The van der Waals surface area contributed by atoms with Gasteiger partial charge in [-0.25, -0.2) is 8.78 Å². The van der Waals surface area contributed by atoms with Gasteiger partial charge in [-0.2, -0.15) is 0 Å². The minimum atomic E-state index is -1.60. The van der Waals surface area contributed by atoms with Gasteiger partial charge in [0.05, 0.1) is 11.1 Å². The molecule has 16 heavy (non-hydrogen) atoms. The summed E-state index contributed by atoms with van der Waals surface area (Å²) < 4.78 is 30.9. The maximum Gasteiger partial charge on any atom is 0.168 e. The summed E-state index contributed by atoms with van der Waals surface area (Å²) in [6.07, 6.45) is -1.05. The average Bonchev–Trinajstić information content (AvgIpc) is 2.30. The van der Waals surface area contributed by atoms with Crippen molar-refractivity contribution in [3.63, 3.8) is 0 Å². The molecule has 2 rings (SSSR count). The van der Waals surface area contributed by atoms with E-state index in [4.69, 9.17) is 16.3 Å². The molecule has 1 aromatic carbocycles. The van der Waals surface area contributed by atoms with Gasteiger partial charge in [0, 0.05) is 12.0 Å². The second-order valence-electron chi connectivity index (χ2n) is 3.93. The van der Waals surface area contributed by atoms with Gasteiger partial charge in [0.1, 0.15) is 19.1 Å². The number of aliphatic hydroxyl groups excluding tert-OH is 1. The van der Waals surface area contributed by atoms with Crippen LogP contribution in [0.4, 0.5) is 8.78 Å².